The third kappa shape index (κ3) is 3.48. The molecule has 0 aliphatic carbocycles. The molecule has 0 radical (unpaired) electrons. The molecule has 0 aliphatic rings. The van der Waals surface area contributed by atoms with Gasteiger partial charge in [0, 0.05) is 16.3 Å². The van der Waals surface area contributed by atoms with Gasteiger partial charge in [0.1, 0.15) is 22.8 Å². The first-order chi connectivity index (χ1) is 13.8. The average molecular weight is 434 g/mol. The molecule has 2 aromatic heterocycles. The highest BCUT2D eigenvalue weighted by Gasteiger charge is 2.25. The number of halogens is 3. The summed E-state index contributed by atoms with van der Waals surface area (Å²) in [5, 5.41) is 13.7. The van der Waals surface area contributed by atoms with Crippen LogP contribution in [-0.2, 0) is 0 Å². The average Bonchev–Trinajstić information content (AvgIpc) is 3.28. The van der Waals surface area contributed by atoms with Crippen LogP contribution in [0.4, 0.5) is 14.5 Å². The summed E-state index contributed by atoms with van der Waals surface area (Å²) in [6, 6.07) is 10.1. The lowest BCUT2D eigenvalue weighted by molar-refractivity contribution is 0.0699. The number of rotatable bonds is 4. The van der Waals surface area contributed by atoms with Crippen LogP contribution in [0.5, 0.6) is 0 Å². The normalized spacial score (nSPS) is 11.0. The minimum absolute atomic E-state index is 0.0148. The molecule has 0 fully saturated rings. The van der Waals surface area contributed by atoms with E-state index in [-0.39, 0.29) is 27.5 Å². The lowest BCUT2D eigenvalue weighted by Gasteiger charge is -2.06. The maximum absolute atomic E-state index is 14.3. The Bertz CT molecular complexity index is 1250. The third-order valence-corrected chi connectivity index (χ3v) is 5.46. The summed E-state index contributed by atoms with van der Waals surface area (Å²) >= 11 is 6.41. The predicted octanol–water partition coefficient (Wildman–Crippen LogP) is 6.04. The van der Waals surface area contributed by atoms with Crippen LogP contribution >= 0.6 is 22.9 Å². The molecule has 0 saturated heterocycles. The fourth-order valence-electron chi connectivity index (χ4n) is 2.83. The number of carboxylic acid groups (broad SMARTS) is 1. The van der Waals surface area contributed by atoms with Crippen LogP contribution < -0.4 is 5.32 Å². The third-order valence-electron chi connectivity index (χ3n) is 4.16. The summed E-state index contributed by atoms with van der Waals surface area (Å²) < 4.78 is 33.5. The summed E-state index contributed by atoms with van der Waals surface area (Å²) in [7, 11) is 0. The number of fused-ring (bicyclic) bond motifs is 1. The zero-order valence-electron chi connectivity index (χ0n) is 14.3. The predicted molar refractivity (Wildman–Crippen MR) is 106 cm³/mol. The Balaban J connectivity index is 1.73. The van der Waals surface area contributed by atoms with Crippen molar-refractivity contribution in [1.29, 1.82) is 0 Å². The van der Waals surface area contributed by atoms with E-state index in [0.29, 0.717) is 11.0 Å². The second-order valence-corrected chi connectivity index (χ2v) is 7.29. The van der Waals surface area contributed by atoms with Gasteiger partial charge in [-0.1, -0.05) is 29.8 Å². The maximum Gasteiger partial charge on any atom is 0.339 e. The molecule has 0 aliphatic heterocycles. The number of thiophene rings is 1. The van der Waals surface area contributed by atoms with Crippen molar-refractivity contribution in [3.05, 3.63) is 75.8 Å². The first kappa shape index (κ1) is 19.1. The van der Waals surface area contributed by atoms with Gasteiger partial charge in [-0.2, -0.15) is 0 Å². The number of aromatic carboxylic acids is 1. The number of benzene rings is 2. The van der Waals surface area contributed by atoms with Crippen LogP contribution in [0.3, 0.4) is 0 Å². The van der Waals surface area contributed by atoms with Crippen LogP contribution in [0.15, 0.2) is 52.3 Å². The zero-order chi connectivity index (χ0) is 20.7. The summed E-state index contributed by atoms with van der Waals surface area (Å²) in [5.41, 5.74) is -0.183. The lowest BCUT2D eigenvalue weighted by Crippen LogP contribution is -2.13. The van der Waals surface area contributed by atoms with Crippen LogP contribution in [0.25, 0.3) is 21.4 Å². The van der Waals surface area contributed by atoms with Crippen LogP contribution in [0.2, 0.25) is 5.02 Å². The minimum Gasteiger partial charge on any atom is -0.478 e. The lowest BCUT2D eigenvalue weighted by atomic mass is 10.1. The molecule has 2 aromatic carbocycles. The second kappa shape index (κ2) is 7.31. The molecule has 9 heteroatoms. The monoisotopic (exact) mass is 433 g/mol. The van der Waals surface area contributed by atoms with Crippen molar-refractivity contribution in [2.45, 2.75) is 0 Å². The van der Waals surface area contributed by atoms with Gasteiger partial charge in [0.05, 0.1) is 15.6 Å². The number of amides is 1. The van der Waals surface area contributed by atoms with E-state index in [2.05, 4.69) is 5.32 Å². The highest BCUT2D eigenvalue weighted by Crippen LogP contribution is 2.39. The van der Waals surface area contributed by atoms with Gasteiger partial charge in [0.2, 0.25) is 0 Å². The minimum atomic E-state index is -1.41. The molecule has 1 amide bonds. The van der Waals surface area contributed by atoms with Crippen molar-refractivity contribution in [1.82, 2.24) is 0 Å². The standard InChI is InChI=1S/C20H10ClF2NO4S/c21-11-7-12(22)10(6-13(11)23)18-17(20(26)27)14(8-29-18)24-19(25)16-5-9-3-1-2-4-15(9)28-16/h1-8H,(H,24,25)(H,26,27). The summed E-state index contributed by atoms with van der Waals surface area (Å²) in [5.74, 6) is -3.86. The Morgan fingerprint density at radius 2 is 1.86 bits per heavy atom. The van der Waals surface area contributed by atoms with E-state index in [0.717, 1.165) is 23.5 Å². The maximum atomic E-state index is 14.3. The molecule has 146 valence electrons. The van der Waals surface area contributed by atoms with Crippen LogP contribution in [-0.4, -0.2) is 17.0 Å². The molecule has 0 saturated carbocycles. The van der Waals surface area contributed by atoms with Gasteiger partial charge in [-0.3, -0.25) is 4.79 Å². The van der Waals surface area contributed by atoms with Gasteiger partial charge >= 0.3 is 5.97 Å². The summed E-state index contributed by atoms with van der Waals surface area (Å²) in [6.07, 6.45) is 0. The van der Waals surface area contributed by atoms with Gasteiger partial charge in [0.25, 0.3) is 5.91 Å². The number of carboxylic acids is 1. The largest absolute Gasteiger partial charge is 0.478 e. The smallest absolute Gasteiger partial charge is 0.339 e. The molecule has 2 N–H and O–H groups in total. The van der Waals surface area contributed by atoms with E-state index in [1.807, 2.05) is 0 Å². The Labute approximate surface area is 171 Å². The molecule has 4 aromatic rings. The number of nitrogens with one attached hydrogen (secondary N) is 1. The number of hydrogen-bond donors (Lipinski definition) is 2. The zero-order valence-corrected chi connectivity index (χ0v) is 15.9. The first-order valence-electron chi connectivity index (χ1n) is 8.14. The van der Waals surface area contributed by atoms with E-state index in [4.69, 9.17) is 16.0 Å². The van der Waals surface area contributed by atoms with Crippen molar-refractivity contribution in [3.63, 3.8) is 0 Å². The Morgan fingerprint density at radius 3 is 2.59 bits per heavy atom. The van der Waals surface area contributed by atoms with E-state index in [9.17, 15) is 23.5 Å². The molecule has 0 atom stereocenters. The fraction of sp³-hybridized carbons (Fsp3) is 0. The van der Waals surface area contributed by atoms with Crippen molar-refractivity contribution in [3.8, 4) is 10.4 Å². The SMILES string of the molecule is O=C(Nc1csc(-c2cc(F)c(Cl)cc2F)c1C(=O)O)c1cc2ccccc2o1. The van der Waals surface area contributed by atoms with E-state index in [1.165, 1.54) is 11.4 Å². The quantitative estimate of drug-likeness (QED) is 0.384. The molecule has 0 bridgehead atoms. The van der Waals surface area contributed by atoms with Crippen LogP contribution in [0, 0.1) is 11.6 Å². The summed E-state index contributed by atoms with van der Waals surface area (Å²) in [6.45, 7) is 0. The first-order valence-corrected chi connectivity index (χ1v) is 9.40. The van der Waals surface area contributed by atoms with Crippen LogP contribution in [0.1, 0.15) is 20.9 Å². The molecule has 0 unspecified atom stereocenters. The Morgan fingerprint density at radius 1 is 1.10 bits per heavy atom. The second-order valence-electron chi connectivity index (χ2n) is 6.01. The molecule has 2 heterocycles. The fourth-order valence-corrected chi connectivity index (χ4v) is 4.00. The number of carbonyl (C=O) groups excluding carboxylic acids is 1. The van der Waals surface area contributed by atoms with E-state index >= 15 is 0 Å². The van der Waals surface area contributed by atoms with Gasteiger partial charge in [0.15, 0.2) is 5.76 Å². The topological polar surface area (TPSA) is 79.5 Å². The molecule has 29 heavy (non-hydrogen) atoms. The van der Waals surface area contributed by atoms with Gasteiger partial charge < -0.3 is 14.8 Å². The number of furan rings is 1. The van der Waals surface area contributed by atoms with Crippen molar-refractivity contribution >= 4 is 51.5 Å². The Kier molecular flexibility index (Phi) is 4.81. The van der Waals surface area contributed by atoms with Gasteiger partial charge in [-0.25, -0.2) is 13.6 Å². The molecular weight excluding hydrogens is 424 g/mol. The highest BCUT2D eigenvalue weighted by molar-refractivity contribution is 7.14. The van der Waals surface area contributed by atoms with E-state index in [1.54, 1.807) is 24.3 Å². The Hall–Kier alpha value is -3.23. The number of anilines is 1. The summed E-state index contributed by atoms with van der Waals surface area (Å²) in [4.78, 5) is 24.3. The number of hydrogen-bond acceptors (Lipinski definition) is 4. The molecule has 4 rings (SSSR count). The van der Waals surface area contributed by atoms with Gasteiger partial charge in [-0.15, -0.1) is 11.3 Å². The van der Waals surface area contributed by atoms with E-state index < -0.39 is 28.5 Å². The van der Waals surface area contributed by atoms with Crippen molar-refractivity contribution in [2.75, 3.05) is 5.32 Å². The number of para-hydroxylation sites is 1. The van der Waals surface area contributed by atoms with Crippen molar-refractivity contribution < 1.29 is 27.9 Å². The molecular formula is C20H10ClF2NO4S. The molecule has 5 nitrogen and oxygen atoms in total. The van der Waals surface area contributed by atoms with Gasteiger partial charge in [-0.05, 0) is 24.3 Å². The highest BCUT2D eigenvalue weighted by atomic mass is 35.5. The number of carbonyl (C=O) groups is 2. The molecule has 0 spiro atoms. The van der Waals surface area contributed by atoms with Crippen molar-refractivity contribution in [2.24, 2.45) is 0 Å².